The molecule has 0 fully saturated rings. The fourth-order valence-corrected chi connectivity index (χ4v) is 1.34. The molecule has 5 nitrogen and oxygen atoms in total. The first-order valence-corrected chi connectivity index (χ1v) is 5.92. The second kappa shape index (κ2) is 5.64. The third-order valence-electron chi connectivity index (χ3n) is 2.43. The van der Waals surface area contributed by atoms with Gasteiger partial charge in [0.1, 0.15) is 6.54 Å². The molecule has 0 aliphatic carbocycles. The summed E-state index contributed by atoms with van der Waals surface area (Å²) in [5.74, 6) is 0.108. The van der Waals surface area contributed by atoms with Crippen LogP contribution in [0.2, 0.25) is 0 Å². The van der Waals surface area contributed by atoms with Gasteiger partial charge in [-0.1, -0.05) is 20.8 Å². The Morgan fingerprint density at radius 3 is 2.25 bits per heavy atom. The van der Waals surface area contributed by atoms with Gasteiger partial charge >= 0.3 is 12.2 Å². The topological polar surface area (TPSA) is 58.1 Å². The van der Waals surface area contributed by atoms with E-state index in [4.69, 9.17) is 0 Å². The molecule has 20 heavy (non-hydrogen) atoms. The van der Waals surface area contributed by atoms with Gasteiger partial charge in [0.15, 0.2) is 5.82 Å². The average molecular weight is 290 g/mol. The number of carbonyl (C=O) groups excluding carboxylic acids is 1. The maximum atomic E-state index is 12.1. The Bertz CT molecular complexity index is 465. The van der Waals surface area contributed by atoms with E-state index in [1.165, 1.54) is 6.07 Å². The van der Waals surface area contributed by atoms with Gasteiger partial charge < -0.3 is 4.90 Å². The number of aromatic nitrogens is 2. The van der Waals surface area contributed by atoms with E-state index >= 15 is 0 Å². The van der Waals surface area contributed by atoms with E-state index in [0.717, 1.165) is 12.7 Å². The van der Waals surface area contributed by atoms with Crippen molar-refractivity contribution in [2.24, 2.45) is 0 Å². The summed E-state index contributed by atoms with van der Waals surface area (Å²) in [5.41, 5.74) is 0.530. The molecule has 1 N–H and O–H groups in total. The van der Waals surface area contributed by atoms with Gasteiger partial charge in [0.2, 0.25) is 0 Å². The van der Waals surface area contributed by atoms with Crippen molar-refractivity contribution in [2.75, 3.05) is 18.9 Å². The van der Waals surface area contributed by atoms with E-state index in [0.29, 0.717) is 4.90 Å². The molecule has 112 valence electrons. The first-order chi connectivity index (χ1) is 8.99. The number of hydrogen-bond acceptors (Lipinski definition) is 3. The number of nitrogens with zero attached hydrogens (tertiary/aromatic N) is 3. The monoisotopic (exact) mass is 290 g/mol. The number of rotatable bonds is 2. The first-order valence-electron chi connectivity index (χ1n) is 5.92. The highest BCUT2D eigenvalue weighted by Gasteiger charge is 2.31. The highest BCUT2D eigenvalue weighted by molar-refractivity contribution is 5.87. The number of hydrogen-bond donors (Lipinski definition) is 1. The molecule has 1 rings (SSSR count). The van der Waals surface area contributed by atoms with Crippen LogP contribution in [0.4, 0.5) is 23.8 Å². The largest absolute Gasteiger partial charge is 0.406 e. The van der Waals surface area contributed by atoms with Crippen LogP contribution in [-0.4, -0.2) is 40.9 Å². The molecule has 0 saturated heterocycles. The summed E-state index contributed by atoms with van der Waals surface area (Å²) in [6.07, 6.45) is -4.44. The van der Waals surface area contributed by atoms with E-state index in [-0.39, 0.29) is 11.2 Å². The zero-order valence-corrected chi connectivity index (χ0v) is 11.7. The molecule has 0 unspecified atom stereocenters. The molecule has 0 radical (unpaired) electrons. The van der Waals surface area contributed by atoms with E-state index in [2.05, 4.69) is 15.5 Å². The van der Waals surface area contributed by atoms with Crippen LogP contribution in [0.1, 0.15) is 26.5 Å². The van der Waals surface area contributed by atoms with Crippen LogP contribution in [0.15, 0.2) is 12.1 Å². The maximum Gasteiger partial charge on any atom is 0.406 e. The molecule has 0 atom stereocenters. The predicted molar refractivity (Wildman–Crippen MR) is 68.4 cm³/mol. The van der Waals surface area contributed by atoms with Gasteiger partial charge in [-0.05, 0) is 12.1 Å². The van der Waals surface area contributed by atoms with Gasteiger partial charge in [0.25, 0.3) is 0 Å². The van der Waals surface area contributed by atoms with Crippen molar-refractivity contribution in [2.45, 2.75) is 32.4 Å². The molecular formula is C12H17F3N4O. The Hall–Kier alpha value is -1.86. The van der Waals surface area contributed by atoms with Gasteiger partial charge in [-0.15, -0.1) is 5.10 Å². The molecule has 1 aromatic heterocycles. The van der Waals surface area contributed by atoms with Crippen molar-refractivity contribution in [3.05, 3.63) is 17.8 Å². The molecular weight excluding hydrogens is 273 g/mol. The molecule has 0 spiro atoms. The highest BCUT2D eigenvalue weighted by Crippen LogP contribution is 2.20. The van der Waals surface area contributed by atoms with Crippen molar-refractivity contribution < 1.29 is 18.0 Å². The lowest BCUT2D eigenvalue weighted by Gasteiger charge is -2.19. The quantitative estimate of drug-likeness (QED) is 0.911. The minimum atomic E-state index is -4.44. The second-order valence-corrected chi connectivity index (χ2v) is 5.46. The van der Waals surface area contributed by atoms with E-state index in [1.54, 1.807) is 6.07 Å². The zero-order chi connectivity index (χ0) is 15.6. The normalized spacial score (nSPS) is 12.2. The predicted octanol–water partition coefficient (Wildman–Crippen LogP) is 2.80. The van der Waals surface area contributed by atoms with E-state index in [1.807, 2.05) is 20.8 Å². The summed E-state index contributed by atoms with van der Waals surface area (Å²) in [6.45, 7) is 4.53. The Morgan fingerprint density at radius 2 is 1.85 bits per heavy atom. The molecule has 1 heterocycles. The van der Waals surface area contributed by atoms with Crippen LogP contribution in [-0.2, 0) is 5.41 Å². The smallest absolute Gasteiger partial charge is 0.318 e. The number of anilines is 1. The lowest BCUT2D eigenvalue weighted by atomic mass is 9.92. The zero-order valence-electron chi connectivity index (χ0n) is 11.7. The number of carbonyl (C=O) groups is 1. The van der Waals surface area contributed by atoms with Crippen LogP contribution in [0.3, 0.4) is 0 Å². The summed E-state index contributed by atoms with van der Waals surface area (Å²) in [7, 11) is 1.06. The van der Waals surface area contributed by atoms with Crippen molar-refractivity contribution in [3.63, 3.8) is 0 Å². The van der Waals surface area contributed by atoms with E-state index < -0.39 is 18.8 Å². The van der Waals surface area contributed by atoms with Gasteiger partial charge in [-0.3, -0.25) is 5.32 Å². The molecule has 0 aliphatic heterocycles. The SMILES string of the molecule is CN(CC(F)(F)F)C(=O)Nc1ccc(C(C)(C)C)nn1. The van der Waals surface area contributed by atoms with E-state index in [9.17, 15) is 18.0 Å². The van der Waals surface area contributed by atoms with Crippen LogP contribution in [0.25, 0.3) is 0 Å². The number of urea groups is 1. The molecule has 8 heteroatoms. The summed E-state index contributed by atoms with van der Waals surface area (Å²) in [6, 6.07) is 2.29. The highest BCUT2D eigenvalue weighted by atomic mass is 19.4. The van der Waals surface area contributed by atoms with Gasteiger partial charge in [-0.2, -0.15) is 18.3 Å². The molecule has 0 bridgehead atoms. The third kappa shape index (κ3) is 5.02. The maximum absolute atomic E-state index is 12.1. The Balaban J connectivity index is 2.67. The van der Waals surface area contributed by atoms with Crippen LogP contribution >= 0.6 is 0 Å². The van der Waals surface area contributed by atoms with Crippen molar-refractivity contribution in [1.29, 1.82) is 0 Å². The van der Waals surface area contributed by atoms with Crippen LogP contribution in [0.5, 0.6) is 0 Å². The summed E-state index contributed by atoms with van der Waals surface area (Å²) in [5, 5.41) is 9.96. The van der Waals surface area contributed by atoms with Crippen LogP contribution < -0.4 is 5.32 Å². The molecule has 0 aromatic carbocycles. The third-order valence-corrected chi connectivity index (χ3v) is 2.43. The first kappa shape index (κ1) is 16.2. The molecule has 0 saturated carbocycles. The Kier molecular flexibility index (Phi) is 4.57. The molecule has 2 amide bonds. The second-order valence-electron chi connectivity index (χ2n) is 5.46. The van der Waals surface area contributed by atoms with Gasteiger partial charge in [0.05, 0.1) is 5.69 Å². The Labute approximate surface area is 115 Å². The minimum Gasteiger partial charge on any atom is -0.318 e. The van der Waals surface area contributed by atoms with Crippen LogP contribution in [0, 0.1) is 0 Å². The summed E-state index contributed by atoms with van der Waals surface area (Å²) >= 11 is 0. The molecule has 0 aliphatic rings. The number of alkyl halides is 3. The number of halogens is 3. The fraction of sp³-hybridized carbons (Fsp3) is 0.583. The van der Waals surface area contributed by atoms with Gasteiger partial charge in [0, 0.05) is 12.5 Å². The fourth-order valence-electron chi connectivity index (χ4n) is 1.34. The summed E-state index contributed by atoms with van der Waals surface area (Å²) < 4.78 is 36.4. The number of amides is 2. The minimum absolute atomic E-state index is 0.108. The lowest BCUT2D eigenvalue weighted by Crippen LogP contribution is -2.38. The average Bonchev–Trinajstić information content (AvgIpc) is 2.26. The standard InChI is InChI=1S/C12H17F3N4O/c1-11(2,3)8-5-6-9(18-17-8)16-10(20)19(4)7-12(13,14)15/h5-6H,7H2,1-4H3,(H,16,18,20). The summed E-state index contributed by atoms with van der Waals surface area (Å²) in [4.78, 5) is 12.0. The molecule has 1 aromatic rings. The van der Waals surface area contributed by atoms with Crippen molar-refractivity contribution >= 4 is 11.8 Å². The number of nitrogens with one attached hydrogen (secondary N) is 1. The van der Waals surface area contributed by atoms with Crippen molar-refractivity contribution in [1.82, 2.24) is 15.1 Å². The van der Waals surface area contributed by atoms with Crippen molar-refractivity contribution in [3.8, 4) is 0 Å². The Morgan fingerprint density at radius 1 is 1.25 bits per heavy atom. The van der Waals surface area contributed by atoms with Gasteiger partial charge in [-0.25, -0.2) is 4.79 Å². The lowest BCUT2D eigenvalue weighted by molar-refractivity contribution is -0.137.